The first-order valence-electron chi connectivity index (χ1n) is 10.9. The lowest BCUT2D eigenvalue weighted by atomic mass is 9.66. The van der Waals surface area contributed by atoms with Gasteiger partial charge in [0.1, 0.15) is 5.75 Å². The van der Waals surface area contributed by atoms with Crippen LogP contribution >= 0.6 is 0 Å². The molecule has 6 nitrogen and oxygen atoms in total. The molecule has 2 aromatic carbocycles. The topological polar surface area (TPSA) is 68.2 Å². The van der Waals surface area contributed by atoms with Gasteiger partial charge in [-0.05, 0) is 49.1 Å². The van der Waals surface area contributed by atoms with E-state index in [1.54, 1.807) is 33.5 Å². The van der Waals surface area contributed by atoms with Crippen molar-refractivity contribution in [2.24, 2.45) is 5.92 Å². The highest BCUT2D eigenvalue weighted by Crippen LogP contribution is 2.50. The zero-order valence-corrected chi connectivity index (χ0v) is 18.5. The molecule has 1 amide bonds. The van der Waals surface area contributed by atoms with Crippen molar-refractivity contribution in [3.63, 3.8) is 0 Å². The second-order valence-electron chi connectivity index (χ2n) is 8.46. The van der Waals surface area contributed by atoms with E-state index in [-0.39, 0.29) is 17.9 Å². The average molecular weight is 426 g/mol. The lowest BCUT2D eigenvalue weighted by Crippen LogP contribution is -2.56. The third-order valence-corrected chi connectivity index (χ3v) is 6.91. The first-order valence-corrected chi connectivity index (χ1v) is 10.9. The van der Waals surface area contributed by atoms with E-state index in [9.17, 15) is 9.90 Å². The Morgan fingerprint density at radius 2 is 1.71 bits per heavy atom. The third kappa shape index (κ3) is 3.85. The van der Waals surface area contributed by atoms with Crippen LogP contribution in [0, 0.1) is 5.92 Å². The van der Waals surface area contributed by atoms with E-state index in [1.165, 1.54) is 0 Å². The highest BCUT2D eigenvalue weighted by Gasteiger charge is 2.50. The maximum Gasteiger partial charge on any atom is 0.258 e. The van der Waals surface area contributed by atoms with Crippen molar-refractivity contribution in [2.75, 3.05) is 27.9 Å². The van der Waals surface area contributed by atoms with Crippen LogP contribution in [0.3, 0.4) is 0 Å². The van der Waals surface area contributed by atoms with Gasteiger partial charge >= 0.3 is 0 Å². The number of piperidine rings is 1. The first-order chi connectivity index (χ1) is 15.0. The van der Waals surface area contributed by atoms with Gasteiger partial charge in [0, 0.05) is 12.5 Å². The monoisotopic (exact) mass is 425 g/mol. The van der Waals surface area contributed by atoms with Crippen molar-refractivity contribution in [3.8, 4) is 17.2 Å². The molecule has 1 N–H and O–H groups in total. The Kier molecular flexibility index (Phi) is 6.10. The number of nitrogens with zero attached hydrogens (tertiary/aromatic N) is 1. The summed E-state index contributed by atoms with van der Waals surface area (Å²) >= 11 is 0. The molecule has 0 radical (unpaired) electrons. The van der Waals surface area contributed by atoms with Gasteiger partial charge < -0.3 is 24.2 Å². The fourth-order valence-electron chi connectivity index (χ4n) is 5.33. The maximum absolute atomic E-state index is 13.7. The van der Waals surface area contributed by atoms with Crippen LogP contribution in [0.2, 0.25) is 0 Å². The number of fused-ring (bicyclic) bond motifs is 1. The van der Waals surface area contributed by atoms with E-state index in [4.69, 9.17) is 14.2 Å². The van der Waals surface area contributed by atoms with Crippen molar-refractivity contribution in [1.29, 1.82) is 0 Å². The van der Waals surface area contributed by atoms with E-state index < -0.39 is 5.60 Å². The van der Waals surface area contributed by atoms with Gasteiger partial charge in [-0.3, -0.25) is 4.79 Å². The number of benzene rings is 2. The zero-order chi connectivity index (χ0) is 22.0. The summed E-state index contributed by atoms with van der Waals surface area (Å²) in [5.74, 6) is 1.71. The number of aliphatic hydroxyl groups is 1. The van der Waals surface area contributed by atoms with Gasteiger partial charge in [-0.15, -0.1) is 0 Å². The molecule has 1 heterocycles. The Morgan fingerprint density at radius 1 is 0.968 bits per heavy atom. The average Bonchev–Trinajstić information content (AvgIpc) is 2.82. The lowest BCUT2D eigenvalue weighted by molar-refractivity contribution is -0.115. The summed E-state index contributed by atoms with van der Waals surface area (Å²) in [4.78, 5) is 15.6. The molecule has 2 aliphatic rings. The third-order valence-electron chi connectivity index (χ3n) is 6.91. The maximum atomic E-state index is 13.7. The fourth-order valence-corrected chi connectivity index (χ4v) is 5.33. The van der Waals surface area contributed by atoms with Crippen LogP contribution in [0.4, 0.5) is 0 Å². The van der Waals surface area contributed by atoms with E-state index in [1.807, 2.05) is 35.2 Å². The summed E-state index contributed by atoms with van der Waals surface area (Å²) in [6.07, 6.45) is 4.31. The smallest absolute Gasteiger partial charge is 0.258 e. The molecule has 0 bridgehead atoms. The molecular formula is C25H31NO5. The molecule has 31 heavy (non-hydrogen) atoms. The molecule has 1 saturated carbocycles. The molecule has 166 valence electrons. The second-order valence-corrected chi connectivity index (χ2v) is 8.46. The van der Waals surface area contributed by atoms with E-state index in [0.29, 0.717) is 35.8 Å². The number of ether oxygens (including phenoxy) is 3. The molecule has 0 spiro atoms. The molecule has 1 saturated heterocycles. The number of hydrogen-bond donors (Lipinski definition) is 1. The van der Waals surface area contributed by atoms with Crippen LogP contribution in [0.1, 0.15) is 54.1 Å². The van der Waals surface area contributed by atoms with E-state index in [2.05, 4.69) is 0 Å². The van der Waals surface area contributed by atoms with Crippen molar-refractivity contribution >= 4 is 5.91 Å². The minimum atomic E-state index is -0.756. The SMILES string of the molecule is COc1ccc(C2C3CCCCC3(O)CCN2C(=O)c2ccccc2OC)cc1OC. The van der Waals surface area contributed by atoms with Crippen molar-refractivity contribution in [2.45, 2.75) is 43.7 Å². The zero-order valence-electron chi connectivity index (χ0n) is 18.5. The summed E-state index contributed by atoms with van der Waals surface area (Å²) in [6, 6.07) is 12.8. The minimum absolute atomic E-state index is 0.0354. The molecule has 4 rings (SSSR count). The van der Waals surface area contributed by atoms with Gasteiger partial charge in [0.25, 0.3) is 5.91 Å². The Hall–Kier alpha value is -2.73. The molecule has 1 aliphatic carbocycles. The van der Waals surface area contributed by atoms with E-state index in [0.717, 1.165) is 31.2 Å². The second kappa shape index (κ2) is 8.79. The highest BCUT2D eigenvalue weighted by atomic mass is 16.5. The van der Waals surface area contributed by atoms with Crippen LogP contribution < -0.4 is 14.2 Å². The number of methoxy groups -OCH3 is 3. The molecule has 2 aromatic rings. The number of amides is 1. The Bertz CT molecular complexity index is 945. The summed E-state index contributed by atoms with van der Waals surface area (Å²) in [5, 5.41) is 11.5. The lowest BCUT2D eigenvalue weighted by Gasteiger charge is -2.52. The highest BCUT2D eigenvalue weighted by molar-refractivity contribution is 5.97. The summed E-state index contributed by atoms with van der Waals surface area (Å²) in [7, 11) is 4.79. The van der Waals surface area contributed by atoms with Crippen LogP contribution in [0.5, 0.6) is 17.2 Å². The van der Waals surface area contributed by atoms with Crippen LogP contribution in [-0.2, 0) is 0 Å². The molecule has 6 heteroatoms. The number of carbonyl (C=O) groups excluding carboxylic acids is 1. The molecular weight excluding hydrogens is 394 g/mol. The summed E-state index contributed by atoms with van der Waals surface area (Å²) < 4.78 is 16.4. The standard InChI is InChI=1S/C25H31NO5/c1-29-20-10-5-4-8-18(20)24(27)26-15-14-25(28)13-7-6-9-19(25)23(26)17-11-12-21(30-2)22(16-17)31-3/h4-5,8,10-12,16,19,23,28H,6-7,9,13-15H2,1-3H3. The number of likely N-dealkylation sites (tertiary alicyclic amines) is 1. The fraction of sp³-hybridized carbons (Fsp3) is 0.480. The molecule has 3 atom stereocenters. The predicted molar refractivity (Wildman–Crippen MR) is 118 cm³/mol. The minimum Gasteiger partial charge on any atom is -0.496 e. The predicted octanol–water partition coefficient (Wildman–Crippen LogP) is 4.22. The normalized spacial score (nSPS) is 25.5. The van der Waals surface area contributed by atoms with Crippen LogP contribution in [0.25, 0.3) is 0 Å². The van der Waals surface area contributed by atoms with Gasteiger partial charge in [-0.1, -0.05) is 31.0 Å². The Morgan fingerprint density at radius 3 is 2.45 bits per heavy atom. The Balaban J connectivity index is 1.79. The molecule has 3 unspecified atom stereocenters. The number of rotatable bonds is 5. The molecule has 0 aromatic heterocycles. The number of hydrogen-bond acceptors (Lipinski definition) is 5. The van der Waals surface area contributed by atoms with Crippen molar-refractivity contribution in [3.05, 3.63) is 53.6 Å². The van der Waals surface area contributed by atoms with Gasteiger partial charge in [-0.2, -0.15) is 0 Å². The largest absolute Gasteiger partial charge is 0.496 e. The number of para-hydroxylation sites is 1. The van der Waals surface area contributed by atoms with Crippen molar-refractivity contribution < 1.29 is 24.1 Å². The number of carbonyl (C=O) groups is 1. The van der Waals surface area contributed by atoms with Crippen LogP contribution in [-0.4, -0.2) is 49.4 Å². The van der Waals surface area contributed by atoms with Gasteiger partial charge in [0.15, 0.2) is 11.5 Å². The quantitative estimate of drug-likeness (QED) is 0.777. The summed E-state index contributed by atoms with van der Waals surface area (Å²) in [5.41, 5.74) is 0.732. The molecule has 2 fully saturated rings. The molecule has 1 aliphatic heterocycles. The Labute approximate surface area is 183 Å². The van der Waals surface area contributed by atoms with Crippen molar-refractivity contribution in [1.82, 2.24) is 4.90 Å². The first kappa shape index (κ1) is 21.5. The summed E-state index contributed by atoms with van der Waals surface area (Å²) in [6.45, 7) is 0.489. The van der Waals surface area contributed by atoms with Crippen LogP contribution in [0.15, 0.2) is 42.5 Å². The van der Waals surface area contributed by atoms with Gasteiger partial charge in [0.2, 0.25) is 0 Å². The van der Waals surface area contributed by atoms with Gasteiger partial charge in [0.05, 0.1) is 38.5 Å². The van der Waals surface area contributed by atoms with E-state index >= 15 is 0 Å². The van der Waals surface area contributed by atoms with Gasteiger partial charge in [-0.25, -0.2) is 0 Å².